The minimum absolute atomic E-state index is 0.275. The summed E-state index contributed by atoms with van der Waals surface area (Å²) >= 11 is 0. The standard InChI is InChI=1S/C11H8F3NO3S/c1-19(16,17)10(7-15)6-8-2-4-9(5-3-8)18-11(12,13)14/h2-6H,1H3. The second-order valence-electron chi connectivity index (χ2n) is 3.51. The van der Waals surface area contributed by atoms with Gasteiger partial charge in [0, 0.05) is 6.26 Å². The summed E-state index contributed by atoms with van der Waals surface area (Å²) in [6, 6.07) is 5.98. The van der Waals surface area contributed by atoms with Crippen LogP contribution in [0, 0.1) is 11.3 Å². The first-order valence-corrected chi connectivity index (χ1v) is 6.68. The molecular weight excluding hydrogens is 283 g/mol. The molecule has 0 atom stereocenters. The van der Waals surface area contributed by atoms with Gasteiger partial charge in [-0.3, -0.25) is 0 Å². The summed E-state index contributed by atoms with van der Waals surface area (Å²) in [5.41, 5.74) is 0.275. The first-order valence-electron chi connectivity index (χ1n) is 4.79. The van der Waals surface area contributed by atoms with E-state index in [1.807, 2.05) is 0 Å². The topological polar surface area (TPSA) is 67.2 Å². The summed E-state index contributed by atoms with van der Waals surface area (Å²) in [5.74, 6) is -0.428. The molecule has 1 aromatic carbocycles. The van der Waals surface area contributed by atoms with Gasteiger partial charge in [0.1, 0.15) is 16.7 Å². The van der Waals surface area contributed by atoms with E-state index in [2.05, 4.69) is 4.74 Å². The van der Waals surface area contributed by atoms with Crippen LogP contribution in [0.4, 0.5) is 13.2 Å². The molecule has 0 saturated heterocycles. The molecule has 0 unspecified atom stereocenters. The van der Waals surface area contributed by atoms with Crippen molar-refractivity contribution in [2.24, 2.45) is 0 Å². The summed E-state index contributed by atoms with van der Waals surface area (Å²) in [4.78, 5) is -0.475. The van der Waals surface area contributed by atoms with Crippen molar-refractivity contribution in [2.75, 3.05) is 6.26 Å². The van der Waals surface area contributed by atoms with Gasteiger partial charge < -0.3 is 4.74 Å². The summed E-state index contributed by atoms with van der Waals surface area (Å²) < 4.78 is 61.7. The van der Waals surface area contributed by atoms with Crippen molar-refractivity contribution in [3.05, 3.63) is 34.7 Å². The molecule has 0 aliphatic heterocycles. The first-order chi connectivity index (χ1) is 8.62. The van der Waals surface area contributed by atoms with Crippen LogP contribution in [0.1, 0.15) is 5.56 Å². The molecule has 0 aliphatic carbocycles. The number of sulfone groups is 1. The fourth-order valence-electron chi connectivity index (χ4n) is 1.14. The van der Waals surface area contributed by atoms with Crippen LogP contribution in [-0.4, -0.2) is 21.0 Å². The van der Waals surface area contributed by atoms with Crippen molar-refractivity contribution in [2.45, 2.75) is 6.36 Å². The number of halogens is 3. The van der Waals surface area contributed by atoms with Crippen molar-refractivity contribution in [1.29, 1.82) is 5.26 Å². The molecular formula is C11H8F3NO3S. The SMILES string of the molecule is CS(=O)(=O)C(C#N)=Cc1ccc(OC(F)(F)F)cc1. The quantitative estimate of drug-likeness (QED) is 0.802. The van der Waals surface area contributed by atoms with Gasteiger partial charge in [-0.1, -0.05) is 12.1 Å². The molecule has 0 radical (unpaired) electrons. The van der Waals surface area contributed by atoms with E-state index in [1.54, 1.807) is 0 Å². The van der Waals surface area contributed by atoms with E-state index < -0.39 is 26.9 Å². The Hall–Kier alpha value is -2.01. The summed E-state index contributed by atoms with van der Waals surface area (Å²) in [6.07, 6.45) is -2.86. The third kappa shape index (κ3) is 5.01. The Labute approximate surface area is 107 Å². The van der Waals surface area contributed by atoms with E-state index >= 15 is 0 Å². The van der Waals surface area contributed by atoms with Crippen molar-refractivity contribution >= 4 is 15.9 Å². The maximum Gasteiger partial charge on any atom is 0.573 e. The average molecular weight is 291 g/mol. The number of rotatable bonds is 3. The lowest BCUT2D eigenvalue weighted by Gasteiger charge is -2.08. The second kappa shape index (κ2) is 5.32. The van der Waals surface area contributed by atoms with E-state index in [1.165, 1.54) is 18.2 Å². The van der Waals surface area contributed by atoms with Gasteiger partial charge in [-0.15, -0.1) is 13.2 Å². The molecule has 0 fully saturated rings. The number of alkyl halides is 3. The summed E-state index contributed by atoms with van der Waals surface area (Å²) in [7, 11) is -3.66. The van der Waals surface area contributed by atoms with Gasteiger partial charge in [0.25, 0.3) is 0 Å². The molecule has 8 heteroatoms. The van der Waals surface area contributed by atoms with Crippen molar-refractivity contribution in [1.82, 2.24) is 0 Å². The molecule has 0 aromatic heterocycles. The smallest absolute Gasteiger partial charge is 0.406 e. The fraction of sp³-hybridized carbons (Fsp3) is 0.182. The highest BCUT2D eigenvalue weighted by atomic mass is 32.2. The minimum Gasteiger partial charge on any atom is -0.406 e. The third-order valence-corrected chi connectivity index (χ3v) is 2.93. The van der Waals surface area contributed by atoms with Crippen LogP contribution in [0.5, 0.6) is 5.75 Å². The van der Waals surface area contributed by atoms with E-state index in [9.17, 15) is 21.6 Å². The van der Waals surface area contributed by atoms with Crippen LogP contribution in [0.25, 0.3) is 6.08 Å². The number of benzene rings is 1. The van der Waals surface area contributed by atoms with E-state index in [4.69, 9.17) is 5.26 Å². The lowest BCUT2D eigenvalue weighted by atomic mass is 10.2. The Bertz CT molecular complexity index is 625. The fourth-order valence-corrected chi connectivity index (χ4v) is 1.66. The highest BCUT2D eigenvalue weighted by molar-refractivity contribution is 7.95. The predicted octanol–water partition coefficient (Wildman–Crippen LogP) is 2.49. The number of hydrogen-bond acceptors (Lipinski definition) is 4. The van der Waals surface area contributed by atoms with Gasteiger partial charge in [-0.05, 0) is 23.8 Å². The van der Waals surface area contributed by atoms with Crippen molar-refractivity contribution in [3.8, 4) is 11.8 Å². The molecule has 1 rings (SSSR count). The van der Waals surface area contributed by atoms with Gasteiger partial charge in [0.15, 0.2) is 9.84 Å². The molecule has 0 saturated carbocycles. The molecule has 1 aromatic rings. The van der Waals surface area contributed by atoms with Crippen LogP contribution in [0.2, 0.25) is 0 Å². The zero-order valence-electron chi connectivity index (χ0n) is 9.60. The molecule has 0 heterocycles. The van der Waals surface area contributed by atoms with E-state index in [0.29, 0.717) is 0 Å². The van der Waals surface area contributed by atoms with Crippen LogP contribution in [0.15, 0.2) is 29.2 Å². The lowest BCUT2D eigenvalue weighted by Crippen LogP contribution is -2.16. The maximum absolute atomic E-state index is 11.9. The molecule has 0 amide bonds. The lowest BCUT2D eigenvalue weighted by molar-refractivity contribution is -0.274. The molecule has 0 spiro atoms. The van der Waals surface area contributed by atoms with Gasteiger partial charge in [-0.2, -0.15) is 5.26 Å². The zero-order chi connectivity index (χ0) is 14.7. The van der Waals surface area contributed by atoms with Gasteiger partial charge >= 0.3 is 6.36 Å². The number of ether oxygens (including phenoxy) is 1. The Balaban J connectivity index is 3.01. The molecule has 19 heavy (non-hydrogen) atoms. The highest BCUT2D eigenvalue weighted by Gasteiger charge is 2.30. The predicted molar refractivity (Wildman–Crippen MR) is 61.6 cm³/mol. The van der Waals surface area contributed by atoms with E-state index in [0.717, 1.165) is 24.5 Å². The maximum atomic E-state index is 11.9. The molecule has 0 bridgehead atoms. The van der Waals surface area contributed by atoms with Crippen LogP contribution in [0.3, 0.4) is 0 Å². The Kier molecular flexibility index (Phi) is 4.21. The van der Waals surface area contributed by atoms with Crippen LogP contribution >= 0.6 is 0 Å². The summed E-state index contributed by atoms with van der Waals surface area (Å²) in [5, 5.41) is 8.66. The summed E-state index contributed by atoms with van der Waals surface area (Å²) in [6.45, 7) is 0. The average Bonchev–Trinajstić information content (AvgIpc) is 2.24. The van der Waals surface area contributed by atoms with Crippen LogP contribution < -0.4 is 4.74 Å². The molecule has 102 valence electrons. The van der Waals surface area contributed by atoms with Crippen LogP contribution in [-0.2, 0) is 9.84 Å². The van der Waals surface area contributed by atoms with Gasteiger partial charge in [0.05, 0.1) is 0 Å². The highest BCUT2D eigenvalue weighted by Crippen LogP contribution is 2.23. The monoisotopic (exact) mass is 291 g/mol. The number of allylic oxidation sites excluding steroid dienone is 1. The Morgan fingerprint density at radius 2 is 1.84 bits per heavy atom. The molecule has 0 N–H and O–H groups in total. The van der Waals surface area contributed by atoms with Crippen molar-refractivity contribution < 1.29 is 26.3 Å². The third-order valence-electron chi connectivity index (χ3n) is 1.92. The second-order valence-corrected chi connectivity index (χ2v) is 5.49. The van der Waals surface area contributed by atoms with E-state index in [-0.39, 0.29) is 5.56 Å². The zero-order valence-corrected chi connectivity index (χ0v) is 10.4. The first kappa shape index (κ1) is 15.0. The Morgan fingerprint density at radius 1 is 1.32 bits per heavy atom. The van der Waals surface area contributed by atoms with Gasteiger partial charge in [-0.25, -0.2) is 8.42 Å². The minimum atomic E-state index is -4.79. The normalized spacial score (nSPS) is 12.9. The largest absolute Gasteiger partial charge is 0.573 e. The number of hydrogen-bond donors (Lipinski definition) is 0. The molecule has 0 aliphatic rings. The van der Waals surface area contributed by atoms with Crippen molar-refractivity contribution in [3.63, 3.8) is 0 Å². The number of nitrogens with zero attached hydrogens (tertiary/aromatic N) is 1. The Morgan fingerprint density at radius 3 is 2.21 bits per heavy atom. The van der Waals surface area contributed by atoms with Gasteiger partial charge in [0.2, 0.25) is 0 Å². The number of nitriles is 1. The molecule has 4 nitrogen and oxygen atoms in total.